The van der Waals surface area contributed by atoms with E-state index < -0.39 is 10.0 Å². The topological polar surface area (TPSA) is 91.8 Å². The smallest absolute Gasteiger partial charge is 0.238 e. The van der Waals surface area contributed by atoms with Gasteiger partial charge in [0.25, 0.3) is 0 Å². The molecule has 8 heteroatoms. The molecule has 0 saturated heterocycles. The number of hydrogen-bond acceptors (Lipinski definition) is 6. The van der Waals surface area contributed by atoms with Gasteiger partial charge in [-0.25, -0.2) is 13.6 Å². The van der Waals surface area contributed by atoms with Crippen molar-refractivity contribution in [3.8, 4) is 11.5 Å². The lowest BCUT2D eigenvalue weighted by atomic mass is 9.89. The van der Waals surface area contributed by atoms with Gasteiger partial charge in [-0.2, -0.15) is 0 Å². The number of furan rings is 1. The summed E-state index contributed by atoms with van der Waals surface area (Å²) < 4.78 is 42.2. The van der Waals surface area contributed by atoms with Gasteiger partial charge in [-0.1, -0.05) is 36.4 Å². The van der Waals surface area contributed by atoms with E-state index in [4.69, 9.17) is 19.0 Å². The fraction of sp³-hybridized carbons (Fsp3) is 0.200. The maximum Gasteiger partial charge on any atom is 0.238 e. The van der Waals surface area contributed by atoms with E-state index in [9.17, 15) is 8.42 Å². The van der Waals surface area contributed by atoms with Gasteiger partial charge in [0.15, 0.2) is 11.5 Å². The van der Waals surface area contributed by atoms with Crippen LogP contribution in [0, 0.1) is 0 Å². The van der Waals surface area contributed by atoms with Gasteiger partial charge in [-0.3, -0.25) is 0 Å². The van der Waals surface area contributed by atoms with Crippen molar-refractivity contribution in [2.24, 2.45) is 5.14 Å². The van der Waals surface area contributed by atoms with Crippen LogP contribution in [0.3, 0.4) is 0 Å². The molecular weight excluding hydrogens is 458 g/mol. The average Bonchev–Trinajstić information content (AvgIpc) is 3.11. The molecular formula is C25H23NO5S2. The molecule has 0 fully saturated rings. The zero-order valence-electron chi connectivity index (χ0n) is 17.9. The molecule has 0 bridgehead atoms. The van der Waals surface area contributed by atoms with Crippen LogP contribution >= 0.6 is 11.8 Å². The van der Waals surface area contributed by atoms with E-state index in [1.165, 1.54) is 12.1 Å². The number of sulfonamides is 1. The predicted octanol–water partition coefficient (Wildman–Crippen LogP) is 5.16. The van der Waals surface area contributed by atoms with Crippen LogP contribution in [0.25, 0.3) is 11.0 Å². The average molecular weight is 482 g/mol. The number of nitrogens with two attached hydrogens (primary N) is 1. The summed E-state index contributed by atoms with van der Waals surface area (Å²) in [6, 6.07) is 22.7. The van der Waals surface area contributed by atoms with E-state index in [1.807, 2.05) is 36.4 Å². The van der Waals surface area contributed by atoms with Gasteiger partial charge in [-0.15, -0.1) is 11.8 Å². The third kappa shape index (κ3) is 4.34. The molecule has 2 atom stereocenters. The first-order valence-corrected chi connectivity index (χ1v) is 13.3. The molecule has 2 N–H and O–H groups in total. The third-order valence-corrected chi connectivity index (χ3v) is 7.50. The van der Waals surface area contributed by atoms with Crippen LogP contribution < -0.4 is 14.6 Å². The molecule has 1 aromatic heterocycles. The van der Waals surface area contributed by atoms with E-state index in [-0.39, 0.29) is 16.9 Å². The van der Waals surface area contributed by atoms with Gasteiger partial charge in [-0.05, 0) is 42.2 Å². The van der Waals surface area contributed by atoms with Crippen LogP contribution in [-0.4, -0.2) is 27.4 Å². The molecule has 170 valence electrons. The molecule has 1 aliphatic rings. The molecule has 6 nitrogen and oxygen atoms in total. The normalized spacial score (nSPS) is 17.0. The highest BCUT2D eigenvalue weighted by Gasteiger charge is 2.34. The predicted molar refractivity (Wildman–Crippen MR) is 129 cm³/mol. The number of hydrogen-bond donors (Lipinski definition) is 1. The highest BCUT2D eigenvalue weighted by Crippen LogP contribution is 2.42. The quantitative estimate of drug-likeness (QED) is 0.396. The summed E-state index contributed by atoms with van der Waals surface area (Å²) in [6.07, 6.45) is 2.35. The Morgan fingerprint density at radius 2 is 1.79 bits per heavy atom. The van der Waals surface area contributed by atoms with Crippen molar-refractivity contribution in [3.63, 3.8) is 0 Å². The first kappa shape index (κ1) is 21.9. The maximum atomic E-state index is 11.8. The highest BCUT2D eigenvalue weighted by atomic mass is 32.2. The minimum absolute atomic E-state index is 0.00939. The van der Waals surface area contributed by atoms with Gasteiger partial charge >= 0.3 is 0 Å². The zero-order chi connectivity index (χ0) is 23.0. The van der Waals surface area contributed by atoms with Crippen LogP contribution in [0.5, 0.6) is 11.5 Å². The molecule has 0 amide bonds. The van der Waals surface area contributed by atoms with Gasteiger partial charge in [0.05, 0.1) is 17.4 Å². The summed E-state index contributed by atoms with van der Waals surface area (Å²) in [7, 11) is -3.84. The minimum atomic E-state index is -3.84. The first-order chi connectivity index (χ1) is 15.9. The number of rotatable bonds is 5. The largest absolute Gasteiger partial charge is 0.490 e. The zero-order valence-corrected chi connectivity index (χ0v) is 19.6. The molecule has 1 unspecified atom stereocenters. The summed E-state index contributed by atoms with van der Waals surface area (Å²) in [6.45, 7) is 0.365. The standard InChI is InChI=1S/C25H23NO5S2/c1-32-24-9-5-3-7-18(24)25(23-14-16-6-2-4-8-19(16)30-23)21-12-13-29-22-15-17(33(26,27)28)10-11-20(22)31-21/h2-11,14-15,21,25H,12-13H2,1H3,(H2,26,27,28)/t21?,25-/m0/s1. The lowest BCUT2D eigenvalue weighted by molar-refractivity contribution is 0.164. The summed E-state index contributed by atoms with van der Waals surface area (Å²) in [5, 5.41) is 6.32. The van der Waals surface area contributed by atoms with Crippen molar-refractivity contribution in [1.82, 2.24) is 0 Å². The van der Waals surface area contributed by atoms with Crippen molar-refractivity contribution in [3.05, 3.63) is 84.1 Å². The van der Waals surface area contributed by atoms with Crippen molar-refractivity contribution in [1.29, 1.82) is 0 Å². The van der Waals surface area contributed by atoms with E-state index in [0.29, 0.717) is 24.5 Å². The summed E-state index contributed by atoms with van der Waals surface area (Å²) in [4.78, 5) is 1.13. The fourth-order valence-electron chi connectivity index (χ4n) is 4.23. The fourth-order valence-corrected chi connectivity index (χ4v) is 5.41. The highest BCUT2D eigenvalue weighted by molar-refractivity contribution is 7.98. The second-order valence-electron chi connectivity index (χ2n) is 7.85. The Morgan fingerprint density at radius 1 is 1.00 bits per heavy atom. The molecule has 1 aliphatic heterocycles. The van der Waals surface area contributed by atoms with Crippen molar-refractivity contribution >= 4 is 32.8 Å². The molecule has 0 radical (unpaired) electrons. The number of ether oxygens (including phenoxy) is 2. The Labute approximate surface area is 196 Å². The maximum absolute atomic E-state index is 11.8. The van der Waals surface area contributed by atoms with E-state index in [0.717, 1.165) is 27.2 Å². The van der Waals surface area contributed by atoms with Crippen LogP contribution in [0.4, 0.5) is 0 Å². The molecule has 3 aromatic carbocycles. The number of para-hydroxylation sites is 1. The van der Waals surface area contributed by atoms with Gasteiger partial charge in [0.2, 0.25) is 10.0 Å². The van der Waals surface area contributed by atoms with Crippen molar-refractivity contribution in [2.75, 3.05) is 12.9 Å². The van der Waals surface area contributed by atoms with Gasteiger partial charge < -0.3 is 13.9 Å². The summed E-state index contributed by atoms with van der Waals surface area (Å²) in [5.74, 6) is 1.47. The van der Waals surface area contributed by atoms with E-state index in [2.05, 4.69) is 24.5 Å². The minimum Gasteiger partial charge on any atom is -0.490 e. The number of fused-ring (bicyclic) bond motifs is 2. The Morgan fingerprint density at radius 3 is 2.58 bits per heavy atom. The molecule has 4 aromatic rings. The third-order valence-electron chi connectivity index (χ3n) is 5.78. The summed E-state index contributed by atoms with van der Waals surface area (Å²) in [5.41, 5.74) is 1.93. The van der Waals surface area contributed by atoms with Crippen LogP contribution in [0.1, 0.15) is 23.7 Å². The molecule has 33 heavy (non-hydrogen) atoms. The van der Waals surface area contributed by atoms with E-state index >= 15 is 0 Å². The number of benzene rings is 3. The Kier molecular flexibility index (Phi) is 5.82. The second kappa shape index (κ2) is 8.78. The SMILES string of the molecule is CSc1ccccc1[C@H](c1cc2ccccc2o1)C1CCOc2cc(S(N)(=O)=O)ccc2O1. The molecule has 0 aliphatic carbocycles. The molecule has 0 saturated carbocycles. The van der Waals surface area contributed by atoms with Gasteiger partial charge in [0, 0.05) is 22.8 Å². The lowest BCUT2D eigenvalue weighted by Gasteiger charge is -2.26. The van der Waals surface area contributed by atoms with Crippen LogP contribution in [0.15, 0.2) is 87.0 Å². The Bertz CT molecular complexity index is 1380. The Hall–Kier alpha value is -2.94. The van der Waals surface area contributed by atoms with Gasteiger partial charge in [0.1, 0.15) is 17.4 Å². The van der Waals surface area contributed by atoms with Crippen LogP contribution in [-0.2, 0) is 10.0 Å². The Balaban J connectivity index is 1.61. The molecule has 2 heterocycles. The van der Waals surface area contributed by atoms with E-state index in [1.54, 1.807) is 17.8 Å². The molecule has 5 rings (SSSR count). The number of primary sulfonamides is 1. The monoisotopic (exact) mass is 481 g/mol. The summed E-state index contributed by atoms with van der Waals surface area (Å²) >= 11 is 1.68. The molecule has 0 spiro atoms. The first-order valence-electron chi connectivity index (χ1n) is 10.5. The lowest BCUT2D eigenvalue weighted by Crippen LogP contribution is -2.27. The van der Waals surface area contributed by atoms with Crippen LogP contribution in [0.2, 0.25) is 0 Å². The van der Waals surface area contributed by atoms with Crippen molar-refractivity contribution < 1.29 is 22.3 Å². The second-order valence-corrected chi connectivity index (χ2v) is 10.3. The number of thioether (sulfide) groups is 1. The van der Waals surface area contributed by atoms with Crippen molar-refractivity contribution in [2.45, 2.75) is 28.2 Å².